The first-order valence-electron chi connectivity index (χ1n) is 24.6. The molecule has 4 aromatic rings. The molecule has 0 spiro atoms. The number of halogens is 3. The zero-order chi connectivity index (χ0) is 47.1. The first-order chi connectivity index (χ1) is 31.9. The predicted octanol–water partition coefficient (Wildman–Crippen LogP) is 18.4. The quantitative estimate of drug-likeness (QED) is 0.0548. The summed E-state index contributed by atoms with van der Waals surface area (Å²) in [4.78, 5) is 7.58. The SMILES string of the molecule is CCCCCCC1(CCCCCC)c2cc(/C=C/C3=C(C#N)C(=C(C#N)C#N)OC3(C)C(F)(F)F)sc2-c2sc3c(c21)C(CCCCCC)(CCCCCC)c1cc(-c2ccccc2)sc1-3. The van der Waals surface area contributed by atoms with Crippen molar-refractivity contribution < 1.29 is 17.9 Å². The maximum atomic E-state index is 14.9. The average molecular weight is 948 g/mol. The van der Waals surface area contributed by atoms with Crippen LogP contribution in [-0.4, -0.2) is 11.8 Å². The van der Waals surface area contributed by atoms with Crippen LogP contribution in [0.3, 0.4) is 0 Å². The second kappa shape index (κ2) is 21.3. The Morgan fingerprint density at radius 1 is 0.621 bits per heavy atom. The van der Waals surface area contributed by atoms with Crippen LogP contribution >= 0.6 is 34.0 Å². The summed E-state index contributed by atoms with van der Waals surface area (Å²) in [6.07, 6.45) is 21.2. The summed E-state index contributed by atoms with van der Waals surface area (Å²) in [6.45, 7) is 9.97. The van der Waals surface area contributed by atoms with E-state index in [2.05, 4.69) is 70.2 Å². The predicted molar refractivity (Wildman–Crippen MR) is 268 cm³/mol. The van der Waals surface area contributed by atoms with Gasteiger partial charge < -0.3 is 4.74 Å². The van der Waals surface area contributed by atoms with Crippen LogP contribution in [0.25, 0.3) is 36.0 Å². The van der Waals surface area contributed by atoms with Gasteiger partial charge in [-0.2, -0.15) is 29.0 Å². The normalized spacial score (nSPS) is 17.6. The largest absolute Gasteiger partial charge is 0.470 e. The molecular formula is C56H64F3N3OS3. The van der Waals surface area contributed by atoms with Gasteiger partial charge in [-0.3, -0.25) is 0 Å². The Bertz CT molecular complexity index is 2540. The van der Waals surface area contributed by atoms with Gasteiger partial charge in [-0.25, -0.2) is 0 Å². The van der Waals surface area contributed by atoms with Gasteiger partial charge in [-0.15, -0.1) is 34.0 Å². The van der Waals surface area contributed by atoms with Crippen molar-refractivity contribution in [3.05, 3.63) is 98.2 Å². The molecule has 1 atom stereocenters. The Labute approximate surface area is 403 Å². The Morgan fingerprint density at radius 2 is 1.11 bits per heavy atom. The lowest BCUT2D eigenvalue weighted by molar-refractivity contribution is -0.236. The highest BCUT2D eigenvalue weighted by Gasteiger charge is 2.61. The van der Waals surface area contributed by atoms with E-state index in [0.29, 0.717) is 0 Å². The van der Waals surface area contributed by atoms with E-state index in [1.165, 1.54) is 111 Å². The minimum atomic E-state index is -4.93. The third-order valence-electron chi connectivity index (χ3n) is 14.5. The number of nitriles is 3. The second-order valence-corrected chi connectivity index (χ2v) is 22.0. The first kappa shape index (κ1) is 49.5. The summed E-state index contributed by atoms with van der Waals surface area (Å²) in [5.41, 5.74) is 2.49. The van der Waals surface area contributed by atoms with Gasteiger partial charge in [0.25, 0.3) is 0 Å². The Hall–Kier alpha value is -4.40. The highest BCUT2D eigenvalue weighted by atomic mass is 32.1. The van der Waals surface area contributed by atoms with E-state index < -0.39 is 34.3 Å². The monoisotopic (exact) mass is 947 g/mol. The average Bonchev–Trinajstić information content (AvgIpc) is 4.15. The van der Waals surface area contributed by atoms with Gasteiger partial charge in [0.05, 0.1) is 0 Å². The fourth-order valence-corrected chi connectivity index (χ4v) is 15.2. The summed E-state index contributed by atoms with van der Waals surface area (Å²) in [6, 6.07) is 20.7. The number of ether oxygens (including phenoxy) is 1. The molecule has 3 aromatic heterocycles. The van der Waals surface area contributed by atoms with Crippen molar-refractivity contribution in [3.8, 4) is 48.2 Å². The van der Waals surface area contributed by atoms with Crippen molar-refractivity contribution in [3.63, 3.8) is 0 Å². The fourth-order valence-electron chi connectivity index (χ4n) is 11.0. The topological polar surface area (TPSA) is 80.6 Å². The molecule has 7 rings (SSSR count). The van der Waals surface area contributed by atoms with Crippen LogP contribution < -0.4 is 0 Å². The summed E-state index contributed by atoms with van der Waals surface area (Å²) in [5, 5.41) is 29.5. The Kier molecular flexibility index (Phi) is 16.0. The van der Waals surface area contributed by atoms with Crippen LogP contribution in [0.1, 0.15) is 190 Å². The number of hydrogen-bond donors (Lipinski definition) is 0. The molecule has 66 heavy (non-hydrogen) atoms. The van der Waals surface area contributed by atoms with Crippen LogP contribution in [0.5, 0.6) is 0 Å². The molecule has 0 saturated heterocycles. The van der Waals surface area contributed by atoms with E-state index >= 15 is 0 Å². The molecule has 0 fully saturated rings. The maximum Gasteiger partial charge on any atom is 0.432 e. The molecule has 0 bridgehead atoms. The van der Waals surface area contributed by atoms with Crippen molar-refractivity contribution in [1.82, 2.24) is 0 Å². The number of benzene rings is 1. The van der Waals surface area contributed by atoms with Gasteiger partial charge in [0, 0.05) is 45.7 Å². The van der Waals surface area contributed by atoms with E-state index in [-0.39, 0.29) is 10.8 Å². The van der Waals surface area contributed by atoms with Crippen LogP contribution in [0.15, 0.2) is 71.0 Å². The molecule has 1 unspecified atom stereocenters. The van der Waals surface area contributed by atoms with E-state index in [0.717, 1.165) is 76.0 Å². The zero-order valence-electron chi connectivity index (χ0n) is 39.4. The van der Waals surface area contributed by atoms with E-state index in [9.17, 15) is 29.0 Å². The number of hydrogen-bond acceptors (Lipinski definition) is 7. The number of nitrogens with zero attached hydrogens (tertiary/aromatic N) is 3. The van der Waals surface area contributed by atoms with Crippen molar-refractivity contribution in [2.45, 2.75) is 186 Å². The number of fused-ring (bicyclic) bond motifs is 7. The minimum absolute atomic E-state index is 0.101. The Balaban J connectivity index is 1.47. The van der Waals surface area contributed by atoms with E-state index in [1.54, 1.807) is 40.7 Å². The number of thiophene rings is 3. The summed E-state index contributed by atoms with van der Waals surface area (Å²) < 4.78 is 50.1. The molecule has 0 N–H and O–H groups in total. The van der Waals surface area contributed by atoms with E-state index in [1.807, 2.05) is 28.7 Å². The summed E-state index contributed by atoms with van der Waals surface area (Å²) in [5.74, 6) is -0.622. The van der Waals surface area contributed by atoms with Crippen LogP contribution in [0, 0.1) is 34.0 Å². The Morgan fingerprint density at radius 3 is 1.56 bits per heavy atom. The summed E-state index contributed by atoms with van der Waals surface area (Å²) >= 11 is 5.56. The molecule has 10 heteroatoms. The molecular weight excluding hydrogens is 884 g/mol. The van der Waals surface area contributed by atoms with Crippen molar-refractivity contribution in [2.75, 3.05) is 0 Å². The summed E-state index contributed by atoms with van der Waals surface area (Å²) in [7, 11) is 0. The molecule has 0 amide bonds. The van der Waals surface area contributed by atoms with Crippen molar-refractivity contribution >= 4 is 40.1 Å². The van der Waals surface area contributed by atoms with Gasteiger partial charge in [0.2, 0.25) is 5.60 Å². The number of rotatable bonds is 23. The molecule has 0 saturated carbocycles. The second-order valence-electron chi connectivity index (χ2n) is 18.8. The van der Waals surface area contributed by atoms with Crippen molar-refractivity contribution in [2.24, 2.45) is 0 Å². The molecule has 3 aliphatic rings. The van der Waals surface area contributed by atoms with Crippen molar-refractivity contribution in [1.29, 1.82) is 15.8 Å². The van der Waals surface area contributed by atoms with Crippen LogP contribution in [0.4, 0.5) is 13.2 Å². The maximum absolute atomic E-state index is 14.9. The van der Waals surface area contributed by atoms with Gasteiger partial charge in [-0.1, -0.05) is 167 Å². The molecule has 4 heterocycles. The number of unbranched alkanes of at least 4 members (excludes halogenated alkanes) is 12. The third-order valence-corrected chi connectivity index (χ3v) is 18.3. The molecule has 2 aliphatic carbocycles. The first-order valence-corrected chi connectivity index (χ1v) is 27.0. The lowest BCUT2D eigenvalue weighted by Crippen LogP contribution is -2.43. The van der Waals surface area contributed by atoms with Gasteiger partial charge in [0.1, 0.15) is 23.8 Å². The third kappa shape index (κ3) is 9.02. The number of allylic oxidation sites excluding steroid dienone is 2. The lowest BCUT2D eigenvalue weighted by atomic mass is 9.64. The van der Waals surface area contributed by atoms with Gasteiger partial charge >= 0.3 is 6.18 Å². The highest BCUT2D eigenvalue weighted by molar-refractivity contribution is 7.28. The van der Waals surface area contributed by atoms with Gasteiger partial charge in [-0.05, 0) is 78.6 Å². The van der Waals surface area contributed by atoms with Gasteiger partial charge in [0.15, 0.2) is 11.3 Å². The van der Waals surface area contributed by atoms with Crippen LogP contribution in [0.2, 0.25) is 0 Å². The molecule has 348 valence electrons. The highest BCUT2D eigenvalue weighted by Crippen LogP contribution is 2.70. The minimum Gasteiger partial charge on any atom is -0.470 e. The molecule has 4 nitrogen and oxygen atoms in total. The standard InChI is InChI=1S/C56H64F3N3OS3/c1-6-10-14-21-29-54(30-22-15-11-7-2)43-33-40(27-28-42-41(37-62)48(39(35-60)36-61)63-53(42,5)56(57,58)59)64-49(43)51-46(54)47-52(66-51)50-44(34-45(65-50)38-25-19-18-20-26-38)55(47,31-23-16-12-8-3)32-24-17-13-9-4/h18-20,25-28,33-34H,6-17,21-24,29-32H2,1-5H3/b28-27+. The molecule has 1 aromatic carbocycles. The van der Waals surface area contributed by atoms with E-state index in [4.69, 9.17) is 4.74 Å². The smallest absolute Gasteiger partial charge is 0.432 e. The number of alkyl halides is 3. The lowest BCUT2D eigenvalue weighted by Gasteiger charge is -2.38. The zero-order valence-corrected chi connectivity index (χ0v) is 41.9. The van der Waals surface area contributed by atoms with Crippen LogP contribution in [-0.2, 0) is 15.6 Å². The molecule has 1 aliphatic heterocycles. The molecule has 0 radical (unpaired) electrons. The fraction of sp³-hybridized carbons (Fsp3) is 0.518.